The average Bonchev–Trinajstić information content (AvgIpc) is 2.28. The Labute approximate surface area is 107 Å². The Hall–Kier alpha value is -0.340. The van der Waals surface area contributed by atoms with E-state index < -0.39 is 0 Å². The highest BCUT2D eigenvalue weighted by Crippen LogP contribution is 2.57. The summed E-state index contributed by atoms with van der Waals surface area (Å²) in [6, 6.07) is 9.00. The summed E-state index contributed by atoms with van der Waals surface area (Å²) in [5.74, 6) is 1.18. The van der Waals surface area contributed by atoms with Crippen molar-refractivity contribution in [3.05, 3.63) is 34.3 Å². The van der Waals surface area contributed by atoms with E-state index in [-0.39, 0.29) is 5.41 Å². The van der Waals surface area contributed by atoms with Crippen molar-refractivity contribution in [1.82, 2.24) is 0 Å². The Morgan fingerprint density at radius 2 is 2.12 bits per heavy atom. The van der Waals surface area contributed by atoms with Gasteiger partial charge in [-0.25, -0.2) is 0 Å². The molecule has 1 nitrogen and oxygen atoms in total. The van der Waals surface area contributed by atoms with Crippen LogP contribution in [0.25, 0.3) is 0 Å². The van der Waals surface area contributed by atoms with Crippen molar-refractivity contribution >= 4 is 15.9 Å². The molecule has 1 saturated carbocycles. The van der Waals surface area contributed by atoms with E-state index in [1.165, 1.54) is 5.56 Å². The lowest BCUT2D eigenvalue weighted by atomic mass is 9.49. The van der Waals surface area contributed by atoms with Gasteiger partial charge >= 0.3 is 0 Å². The van der Waals surface area contributed by atoms with Gasteiger partial charge in [0.1, 0.15) is 0 Å². The van der Waals surface area contributed by atoms with Crippen LogP contribution in [-0.4, -0.2) is 6.04 Å². The molecule has 2 rings (SSSR count). The minimum absolute atomic E-state index is 0.264. The van der Waals surface area contributed by atoms with E-state index in [1.807, 2.05) is 0 Å². The topological polar surface area (TPSA) is 26.0 Å². The standard InChI is InChI=1S/C14H20BrN/c1-4-14(3)12(9(2)13(14)16)10-6-5-7-11(15)8-10/h5-9,12-13H,4,16H2,1-3H3. The van der Waals surface area contributed by atoms with Crippen LogP contribution in [0.3, 0.4) is 0 Å². The summed E-state index contributed by atoms with van der Waals surface area (Å²) in [6.07, 6.45) is 1.15. The molecule has 0 aliphatic heterocycles. The van der Waals surface area contributed by atoms with E-state index in [4.69, 9.17) is 5.73 Å². The summed E-state index contributed by atoms with van der Waals surface area (Å²) in [7, 11) is 0. The summed E-state index contributed by atoms with van der Waals surface area (Å²) in [4.78, 5) is 0. The number of benzene rings is 1. The Bertz CT molecular complexity index is 390. The molecule has 2 heteroatoms. The van der Waals surface area contributed by atoms with Gasteiger partial charge < -0.3 is 5.73 Å². The molecule has 0 amide bonds. The van der Waals surface area contributed by atoms with Crippen LogP contribution in [0.1, 0.15) is 38.7 Å². The lowest BCUT2D eigenvalue weighted by Gasteiger charge is -2.58. The zero-order valence-electron chi connectivity index (χ0n) is 10.2. The number of nitrogens with two attached hydrogens (primary N) is 1. The SMILES string of the molecule is CCC1(C)C(N)C(C)C1c1cccc(Br)c1. The quantitative estimate of drug-likeness (QED) is 0.874. The van der Waals surface area contributed by atoms with Gasteiger partial charge in [0.15, 0.2) is 0 Å². The van der Waals surface area contributed by atoms with Crippen LogP contribution >= 0.6 is 15.9 Å². The van der Waals surface area contributed by atoms with Crippen LogP contribution in [-0.2, 0) is 0 Å². The van der Waals surface area contributed by atoms with Gasteiger partial charge in [-0.1, -0.05) is 48.8 Å². The van der Waals surface area contributed by atoms with Crippen LogP contribution in [0.5, 0.6) is 0 Å². The highest BCUT2D eigenvalue weighted by Gasteiger charge is 2.54. The molecule has 0 aromatic heterocycles. The van der Waals surface area contributed by atoms with Crippen LogP contribution in [0, 0.1) is 11.3 Å². The van der Waals surface area contributed by atoms with Gasteiger partial charge in [0.2, 0.25) is 0 Å². The maximum Gasteiger partial charge on any atom is 0.0178 e. The molecule has 1 aliphatic rings. The van der Waals surface area contributed by atoms with E-state index in [1.54, 1.807) is 0 Å². The predicted molar refractivity (Wildman–Crippen MR) is 72.4 cm³/mol. The zero-order valence-corrected chi connectivity index (χ0v) is 11.8. The second-order valence-corrected chi connectivity index (χ2v) is 6.19. The number of halogens is 1. The van der Waals surface area contributed by atoms with Crippen LogP contribution in [0.15, 0.2) is 28.7 Å². The van der Waals surface area contributed by atoms with E-state index in [2.05, 4.69) is 61.0 Å². The molecule has 1 aromatic carbocycles. The maximum absolute atomic E-state index is 6.27. The van der Waals surface area contributed by atoms with E-state index in [0.29, 0.717) is 17.9 Å². The molecule has 0 spiro atoms. The minimum Gasteiger partial charge on any atom is -0.327 e. The second-order valence-electron chi connectivity index (χ2n) is 5.28. The third-order valence-electron chi connectivity index (χ3n) is 4.53. The molecule has 0 saturated heterocycles. The summed E-state index contributed by atoms with van der Waals surface area (Å²) in [6.45, 7) is 6.84. The van der Waals surface area contributed by atoms with E-state index in [0.717, 1.165) is 10.9 Å². The van der Waals surface area contributed by atoms with Crippen molar-refractivity contribution in [1.29, 1.82) is 0 Å². The Kier molecular flexibility index (Phi) is 3.15. The van der Waals surface area contributed by atoms with Gasteiger partial charge in [-0.15, -0.1) is 0 Å². The number of hydrogen-bond donors (Lipinski definition) is 1. The number of rotatable bonds is 2. The first-order valence-electron chi connectivity index (χ1n) is 6.01. The normalized spacial score (nSPS) is 38.2. The van der Waals surface area contributed by atoms with Crippen molar-refractivity contribution in [2.75, 3.05) is 0 Å². The van der Waals surface area contributed by atoms with Crippen LogP contribution < -0.4 is 5.73 Å². The number of hydrogen-bond acceptors (Lipinski definition) is 1. The van der Waals surface area contributed by atoms with Crippen molar-refractivity contribution in [2.24, 2.45) is 17.1 Å². The summed E-state index contributed by atoms with van der Waals surface area (Å²) in [5, 5.41) is 0. The highest BCUT2D eigenvalue weighted by molar-refractivity contribution is 9.10. The molecule has 0 heterocycles. The Morgan fingerprint density at radius 3 is 2.69 bits per heavy atom. The fourth-order valence-electron chi connectivity index (χ4n) is 3.34. The van der Waals surface area contributed by atoms with Crippen LogP contribution in [0.4, 0.5) is 0 Å². The van der Waals surface area contributed by atoms with Gasteiger partial charge in [0.25, 0.3) is 0 Å². The van der Waals surface area contributed by atoms with Gasteiger partial charge in [-0.3, -0.25) is 0 Å². The molecule has 0 bridgehead atoms. The molecule has 1 fully saturated rings. The fourth-order valence-corrected chi connectivity index (χ4v) is 3.75. The van der Waals surface area contributed by atoms with Crippen molar-refractivity contribution in [3.63, 3.8) is 0 Å². The van der Waals surface area contributed by atoms with Crippen LogP contribution in [0.2, 0.25) is 0 Å². The van der Waals surface area contributed by atoms with Gasteiger partial charge in [-0.2, -0.15) is 0 Å². The molecule has 16 heavy (non-hydrogen) atoms. The van der Waals surface area contributed by atoms with Crippen molar-refractivity contribution < 1.29 is 0 Å². The lowest BCUT2D eigenvalue weighted by molar-refractivity contribution is 0.00359. The first-order valence-corrected chi connectivity index (χ1v) is 6.81. The van der Waals surface area contributed by atoms with E-state index >= 15 is 0 Å². The van der Waals surface area contributed by atoms with Gasteiger partial charge in [-0.05, 0) is 41.4 Å². The molecule has 4 unspecified atom stereocenters. The summed E-state index contributed by atoms with van der Waals surface area (Å²) < 4.78 is 1.16. The van der Waals surface area contributed by atoms with Gasteiger partial charge in [0.05, 0.1) is 0 Å². The third-order valence-corrected chi connectivity index (χ3v) is 5.03. The molecular weight excluding hydrogens is 262 g/mol. The second kappa shape index (κ2) is 4.15. The molecule has 0 radical (unpaired) electrons. The molecule has 88 valence electrons. The summed E-state index contributed by atoms with van der Waals surface area (Å²) >= 11 is 3.55. The maximum atomic E-state index is 6.27. The first kappa shape index (κ1) is 12.1. The first-order chi connectivity index (χ1) is 7.50. The molecule has 1 aromatic rings. The molecular formula is C14H20BrN. The Balaban J connectivity index is 2.34. The molecule has 1 aliphatic carbocycles. The zero-order chi connectivity index (χ0) is 11.9. The fraction of sp³-hybridized carbons (Fsp3) is 0.571. The predicted octanol–water partition coefficient (Wildman–Crippen LogP) is 3.93. The van der Waals surface area contributed by atoms with Gasteiger partial charge in [0, 0.05) is 10.5 Å². The van der Waals surface area contributed by atoms with Crippen molar-refractivity contribution in [2.45, 2.75) is 39.2 Å². The van der Waals surface area contributed by atoms with E-state index in [9.17, 15) is 0 Å². The third kappa shape index (κ3) is 1.63. The lowest BCUT2D eigenvalue weighted by Crippen LogP contribution is -2.60. The minimum atomic E-state index is 0.264. The molecule has 2 N–H and O–H groups in total. The average molecular weight is 282 g/mol. The Morgan fingerprint density at radius 1 is 1.44 bits per heavy atom. The molecule has 4 atom stereocenters. The largest absolute Gasteiger partial charge is 0.327 e. The highest BCUT2D eigenvalue weighted by atomic mass is 79.9. The summed E-state index contributed by atoms with van der Waals surface area (Å²) in [5.41, 5.74) is 7.95. The smallest absolute Gasteiger partial charge is 0.0178 e. The monoisotopic (exact) mass is 281 g/mol. The van der Waals surface area contributed by atoms with Crippen molar-refractivity contribution in [3.8, 4) is 0 Å².